The van der Waals surface area contributed by atoms with E-state index in [9.17, 15) is 8.42 Å². The van der Waals surface area contributed by atoms with Crippen LogP contribution in [0.25, 0.3) is 0 Å². The molecular weight excluding hydrogens is 294 g/mol. The van der Waals surface area contributed by atoms with E-state index in [1.807, 2.05) is 26.1 Å². The molecule has 0 saturated heterocycles. The zero-order chi connectivity index (χ0) is 15.2. The molecule has 0 bridgehead atoms. The van der Waals surface area contributed by atoms with Crippen LogP contribution in [0.1, 0.15) is 38.7 Å². The standard InChI is InChI=1S/C15H24ClNO2S/c1-4-8-14(17-3)15(5-2)20(18,19)11-12-9-6-7-10-13(12)16/h6-7,9-10,14-15,17H,4-5,8,11H2,1-3H3. The fourth-order valence-corrected chi connectivity index (χ4v) is 5.02. The van der Waals surface area contributed by atoms with E-state index in [1.54, 1.807) is 12.1 Å². The Morgan fingerprint density at radius 3 is 2.40 bits per heavy atom. The van der Waals surface area contributed by atoms with Crippen LogP contribution in [0.5, 0.6) is 0 Å². The van der Waals surface area contributed by atoms with E-state index >= 15 is 0 Å². The third-order valence-corrected chi connectivity index (χ3v) is 6.26. The lowest BCUT2D eigenvalue weighted by atomic mass is 10.1. The summed E-state index contributed by atoms with van der Waals surface area (Å²) in [5.74, 6) is 0.00702. The van der Waals surface area contributed by atoms with E-state index in [4.69, 9.17) is 11.6 Å². The molecule has 0 aliphatic carbocycles. The van der Waals surface area contributed by atoms with Crippen molar-refractivity contribution in [1.82, 2.24) is 5.32 Å². The Kier molecular flexibility index (Phi) is 7.00. The molecule has 0 aromatic heterocycles. The van der Waals surface area contributed by atoms with E-state index in [0.717, 1.165) is 12.8 Å². The molecule has 20 heavy (non-hydrogen) atoms. The average Bonchev–Trinajstić information content (AvgIpc) is 2.40. The number of hydrogen-bond donors (Lipinski definition) is 1. The molecule has 0 radical (unpaired) electrons. The highest BCUT2D eigenvalue weighted by Crippen LogP contribution is 2.23. The maximum absolute atomic E-state index is 12.7. The van der Waals surface area contributed by atoms with Crippen LogP contribution >= 0.6 is 11.6 Å². The highest BCUT2D eigenvalue weighted by molar-refractivity contribution is 7.91. The van der Waals surface area contributed by atoms with Crippen molar-refractivity contribution in [3.63, 3.8) is 0 Å². The molecule has 0 heterocycles. The van der Waals surface area contributed by atoms with Crippen molar-refractivity contribution >= 4 is 21.4 Å². The third kappa shape index (κ3) is 4.47. The smallest absolute Gasteiger partial charge is 0.158 e. The zero-order valence-corrected chi connectivity index (χ0v) is 14.0. The summed E-state index contributed by atoms with van der Waals surface area (Å²) in [4.78, 5) is 0. The van der Waals surface area contributed by atoms with Crippen LogP contribution in [-0.4, -0.2) is 26.8 Å². The number of hydrogen-bond acceptors (Lipinski definition) is 3. The summed E-state index contributed by atoms with van der Waals surface area (Å²) < 4.78 is 25.3. The van der Waals surface area contributed by atoms with Crippen molar-refractivity contribution in [3.8, 4) is 0 Å². The number of rotatable bonds is 8. The molecular formula is C15H24ClNO2S. The van der Waals surface area contributed by atoms with Crippen molar-refractivity contribution in [3.05, 3.63) is 34.9 Å². The third-order valence-electron chi connectivity index (χ3n) is 3.60. The van der Waals surface area contributed by atoms with Gasteiger partial charge in [0.05, 0.1) is 11.0 Å². The summed E-state index contributed by atoms with van der Waals surface area (Å²) >= 11 is 6.07. The molecule has 0 spiro atoms. The SMILES string of the molecule is CCCC(NC)C(CC)S(=O)(=O)Cc1ccccc1Cl. The van der Waals surface area contributed by atoms with E-state index in [2.05, 4.69) is 12.2 Å². The van der Waals surface area contributed by atoms with Gasteiger partial charge in [-0.3, -0.25) is 0 Å². The van der Waals surface area contributed by atoms with Crippen LogP contribution in [-0.2, 0) is 15.6 Å². The number of nitrogens with one attached hydrogen (secondary N) is 1. The van der Waals surface area contributed by atoms with Gasteiger partial charge in [-0.05, 0) is 31.5 Å². The maximum Gasteiger partial charge on any atom is 0.158 e. The highest BCUT2D eigenvalue weighted by Gasteiger charge is 2.31. The van der Waals surface area contributed by atoms with E-state index < -0.39 is 9.84 Å². The fourth-order valence-electron chi connectivity index (χ4n) is 2.56. The summed E-state index contributed by atoms with van der Waals surface area (Å²) in [6.07, 6.45) is 2.43. The first-order valence-electron chi connectivity index (χ1n) is 7.08. The summed E-state index contributed by atoms with van der Waals surface area (Å²) in [6, 6.07) is 7.13. The van der Waals surface area contributed by atoms with Crippen LogP contribution in [0.3, 0.4) is 0 Å². The van der Waals surface area contributed by atoms with Gasteiger partial charge >= 0.3 is 0 Å². The van der Waals surface area contributed by atoms with Gasteiger partial charge in [0, 0.05) is 11.1 Å². The maximum atomic E-state index is 12.7. The second kappa shape index (κ2) is 8.01. The molecule has 2 unspecified atom stereocenters. The Balaban J connectivity index is 2.98. The second-order valence-corrected chi connectivity index (χ2v) is 7.66. The lowest BCUT2D eigenvalue weighted by Gasteiger charge is -2.25. The largest absolute Gasteiger partial charge is 0.316 e. The van der Waals surface area contributed by atoms with Crippen molar-refractivity contribution < 1.29 is 8.42 Å². The minimum atomic E-state index is -3.23. The van der Waals surface area contributed by atoms with Crippen LogP contribution in [0.4, 0.5) is 0 Å². The molecule has 1 aromatic rings. The predicted molar refractivity (Wildman–Crippen MR) is 85.9 cm³/mol. The van der Waals surface area contributed by atoms with E-state index in [0.29, 0.717) is 17.0 Å². The van der Waals surface area contributed by atoms with Gasteiger partial charge in [-0.15, -0.1) is 0 Å². The summed E-state index contributed by atoms with van der Waals surface area (Å²) in [7, 11) is -1.40. The van der Waals surface area contributed by atoms with Crippen molar-refractivity contribution in [2.45, 2.75) is 50.2 Å². The molecule has 1 aromatic carbocycles. The average molecular weight is 318 g/mol. The lowest BCUT2D eigenvalue weighted by molar-refractivity contribution is 0.464. The Labute approximate surface area is 127 Å². The first-order chi connectivity index (χ1) is 9.46. The lowest BCUT2D eigenvalue weighted by Crippen LogP contribution is -2.42. The second-order valence-electron chi connectivity index (χ2n) is 5.03. The topological polar surface area (TPSA) is 46.2 Å². The van der Waals surface area contributed by atoms with Crippen molar-refractivity contribution in [1.29, 1.82) is 0 Å². The fraction of sp³-hybridized carbons (Fsp3) is 0.600. The zero-order valence-electron chi connectivity index (χ0n) is 12.4. The Morgan fingerprint density at radius 2 is 1.90 bits per heavy atom. The molecule has 1 N–H and O–H groups in total. The van der Waals surface area contributed by atoms with Gasteiger partial charge in [-0.2, -0.15) is 0 Å². The van der Waals surface area contributed by atoms with Gasteiger partial charge in [0.1, 0.15) is 0 Å². The van der Waals surface area contributed by atoms with Crippen LogP contribution in [0.15, 0.2) is 24.3 Å². The number of benzene rings is 1. The normalized spacial score (nSPS) is 15.0. The molecule has 0 aliphatic heterocycles. The molecule has 5 heteroatoms. The summed E-state index contributed by atoms with van der Waals surface area (Å²) in [5.41, 5.74) is 0.680. The number of sulfone groups is 1. The first-order valence-corrected chi connectivity index (χ1v) is 9.17. The van der Waals surface area contributed by atoms with Crippen LogP contribution in [0, 0.1) is 0 Å². The molecule has 114 valence electrons. The summed E-state index contributed by atoms with van der Waals surface area (Å²) in [6.45, 7) is 3.99. The molecule has 0 fully saturated rings. The van der Waals surface area contributed by atoms with Gasteiger partial charge < -0.3 is 5.32 Å². The van der Waals surface area contributed by atoms with Gasteiger partial charge in [0.15, 0.2) is 9.84 Å². The minimum Gasteiger partial charge on any atom is -0.316 e. The molecule has 2 atom stereocenters. The molecule has 3 nitrogen and oxygen atoms in total. The molecule has 0 saturated carbocycles. The highest BCUT2D eigenvalue weighted by atomic mass is 35.5. The quantitative estimate of drug-likeness (QED) is 0.799. The Morgan fingerprint density at radius 1 is 1.25 bits per heavy atom. The first kappa shape index (κ1) is 17.5. The molecule has 0 aliphatic rings. The Hall–Kier alpha value is -0.580. The van der Waals surface area contributed by atoms with Gasteiger partial charge in [-0.1, -0.05) is 50.1 Å². The van der Waals surface area contributed by atoms with Crippen LogP contribution < -0.4 is 5.32 Å². The summed E-state index contributed by atoms with van der Waals surface area (Å²) in [5, 5.41) is 3.29. The molecule has 1 rings (SSSR count). The van der Waals surface area contributed by atoms with Crippen molar-refractivity contribution in [2.75, 3.05) is 7.05 Å². The van der Waals surface area contributed by atoms with Crippen molar-refractivity contribution in [2.24, 2.45) is 0 Å². The number of halogens is 1. The predicted octanol–water partition coefficient (Wildman–Crippen LogP) is 3.42. The van der Waals surface area contributed by atoms with Gasteiger partial charge in [0.25, 0.3) is 0 Å². The minimum absolute atomic E-state index is 0.00233. The van der Waals surface area contributed by atoms with Gasteiger partial charge in [-0.25, -0.2) is 8.42 Å². The Bertz CT molecular complexity index is 516. The van der Waals surface area contributed by atoms with Crippen LogP contribution in [0.2, 0.25) is 5.02 Å². The van der Waals surface area contributed by atoms with E-state index in [1.165, 1.54) is 0 Å². The monoisotopic (exact) mass is 317 g/mol. The molecule has 0 amide bonds. The van der Waals surface area contributed by atoms with E-state index in [-0.39, 0.29) is 17.0 Å². The van der Waals surface area contributed by atoms with Gasteiger partial charge in [0.2, 0.25) is 0 Å².